The molecule has 0 aromatic heterocycles. The number of nitrogens with zero attached hydrogens (tertiary/aromatic N) is 2. The van der Waals surface area contributed by atoms with Crippen molar-refractivity contribution in [2.24, 2.45) is 0 Å². The Kier molecular flexibility index (Phi) is 10.1. The first-order chi connectivity index (χ1) is 7.61. The van der Waals surface area contributed by atoms with Crippen LogP contribution in [0.1, 0.15) is 25.7 Å². The monoisotopic (exact) mass is 355 g/mol. The molecule has 0 unspecified atom stereocenters. The molecule has 0 bridgehead atoms. The van der Waals surface area contributed by atoms with E-state index in [0.29, 0.717) is 8.64 Å². The van der Waals surface area contributed by atoms with E-state index in [1.54, 1.807) is 0 Å². The molecule has 2 aliphatic heterocycles. The van der Waals surface area contributed by atoms with Crippen LogP contribution in [0.25, 0.3) is 0 Å². The van der Waals surface area contributed by atoms with Crippen LogP contribution in [0, 0.1) is 0 Å². The molecule has 0 N–H and O–H groups in total. The fourth-order valence-electron chi connectivity index (χ4n) is 1.80. The Morgan fingerprint density at radius 2 is 0.941 bits per heavy atom. The zero-order valence-corrected chi connectivity index (χ0v) is 13.7. The predicted octanol–water partition coefficient (Wildman–Crippen LogP) is 1.83. The Morgan fingerprint density at radius 1 is 0.706 bits per heavy atom. The molecule has 101 valence electrons. The molecule has 0 aliphatic carbocycles. The Balaban J connectivity index is 0.000000284. The fraction of sp³-hybridized carbons (Fsp3) is 0.800. The maximum atomic E-state index is 4.80. The molecule has 7 heteroatoms. The number of likely N-dealkylation sites (tertiary alicyclic amines) is 2. The summed E-state index contributed by atoms with van der Waals surface area (Å²) in [6.07, 6.45) is 5.04. The van der Waals surface area contributed by atoms with Crippen molar-refractivity contribution in [2.75, 3.05) is 26.2 Å². The molecular weight excluding hydrogens is 340 g/mol. The van der Waals surface area contributed by atoms with E-state index in [4.69, 9.17) is 49.7 Å². The Bertz CT molecular complexity index is 225. The number of rotatable bonds is 0. The number of hydrogen-bond donors (Lipinski definition) is 0. The van der Waals surface area contributed by atoms with E-state index < -0.39 is 0 Å². The minimum absolute atomic E-state index is 0. The van der Waals surface area contributed by atoms with Crippen LogP contribution in [0.4, 0.5) is 0 Å². The van der Waals surface area contributed by atoms with E-state index in [1.165, 1.54) is 25.7 Å². The first kappa shape index (κ1) is 17.7. The quantitative estimate of drug-likeness (QED) is 0.369. The summed E-state index contributed by atoms with van der Waals surface area (Å²) in [6.45, 7) is 4.34. The Labute approximate surface area is 136 Å². The van der Waals surface area contributed by atoms with Crippen molar-refractivity contribution >= 4 is 58.3 Å². The Morgan fingerprint density at radius 3 is 1.06 bits per heavy atom. The van der Waals surface area contributed by atoms with Crippen LogP contribution >= 0.6 is 24.4 Å². The van der Waals surface area contributed by atoms with Gasteiger partial charge < -0.3 is 59.5 Å². The van der Waals surface area contributed by atoms with E-state index >= 15 is 0 Å². The molecule has 0 aromatic rings. The second-order valence-electron chi connectivity index (χ2n) is 3.92. The largest absolute Gasteiger partial charge is 2.00 e. The first-order valence-electron chi connectivity index (χ1n) is 5.53. The van der Waals surface area contributed by atoms with E-state index in [2.05, 4.69) is 9.80 Å². The summed E-state index contributed by atoms with van der Waals surface area (Å²) in [6, 6.07) is 0. The van der Waals surface area contributed by atoms with E-state index in [1.807, 2.05) is 0 Å². The van der Waals surface area contributed by atoms with E-state index in [-0.39, 0.29) is 17.1 Å². The van der Waals surface area contributed by atoms with Crippen LogP contribution < -0.4 is 0 Å². The molecule has 2 heterocycles. The van der Waals surface area contributed by atoms with Crippen molar-refractivity contribution in [3.63, 3.8) is 0 Å². The van der Waals surface area contributed by atoms with Crippen molar-refractivity contribution in [3.05, 3.63) is 0 Å². The number of hydrogen-bond acceptors (Lipinski definition) is 4. The second kappa shape index (κ2) is 9.64. The minimum atomic E-state index is 0. The topological polar surface area (TPSA) is 6.48 Å². The van der Waals surface area contributed by atoms with Crippen molar-refractivity contribution in [3.8, 4) is 0 Å². The summed E-state index contributed by atoms with van der Waals surface area (Å²) in [5.74, 6) is 0. The smallest absolute Gasteiger partial charge is 0.411 e. The van der Waals surface area contributed by atoms with Crippen LogP contribution in [0.5, 0.6) is 0 Å². The van der Waals surface area contributed by atoms with Crippen molar-refractivity contribution in [1.82, 2.24) is 9.80 Å². The molecule has 0 spiro atoms. The fourth-order valence-corrected chi connectivity index (χ4v) is 2.53. The molecular formula is C10H16CuN2S4. The molecule has 1 radical (unpaired) electrons. The third-order valence-corrected chi connectivity index (χ3v) is 3.76. The zero-order chi connectivity index (χ0) is 12.0. The normalized spacial score (nSPS) is 18.1. The summed E-state index contributed by atoms with van der Waals surface area (Å²) >= 11 is 19.2. The zero-order valence-electron chi connectivity index (χ0n) is 9.49. The average Bonchev–Trinajstić information content (AvgIpc) is 2.93. The maximum Gasteiger partial charge on any atom is 2.00 e. The molecule has 2 saturated heterocycles. The summed E-state index contributed by atoms with van der Waals surface area (Å²) in [7, 11) is 0. The summed E-state index contributed by atoms with van der Waals surface area (Å²) in [5, 5.41) is 0. The van der Waals surface area contributed by atoms with Gasteiger partial charge in [0.2, 0.25) is 0 Å². The average molecular weight is 356 g/mol. The third-order valence-electron chi connectivity index (χ3n) is 2.73. The van der Waals surface area contributed by atoms with Crippen LogP contribution in [0.15, 0.2) is 0 Å². The second-order valence-corrected chi connectivity index (χ2v) is 5.98. The molecule has 17 heavy (non-hydrogen) atoms. The molecule has 0 amide bonds. The Hall–Kier alpha value is 0.739. The van der Waals surface area contributed by atoms with Crippen LogP contribution in [0.2, 0.25) is 0 Å². The van der Waals surface area contributed by atoms with Gasteiger partial charge in [-0.25, -0.2) is 0 Å². The molecule has 2 nitrogen and oxygen atoms in total. The van der Waals surface area contributed by atoms with Gasteiger partial charge in [0.25, 0.3) is 0 Å². The van der Waals surface area contributed by atoms with Gasteiger partial charge in [0.15, 0.2) is 0 Å². The standard InChI is InChI=1S/2C5H9NS2.Cu/c2*7-5(8)6-3-1-2-4-6;/h2*1-4H2,(H,7,8);/q;;+2/p-2. The van der Waals surface area contributed by atoms with Gasteiger partial charge in [-0.15, -0.1) is 0 Å². The molecule has 2 fully saturated rings. The third kappa shape index (κ3) is 7.03. The van der Waals surface area contributed by atoms with Crippen molar-refractivity contribution in [1.29, 1.82) is 0 Å². The van der Waals surface area contributed by atoms with Gasteiger partial charge in [0.1, 0.15) is 0 Å². The first-order valence-corrected chi connectivity index (χ1v) is 7.16. The van der Waals surface area contributed by atoms with Crippen LogP contribution in [0.3, 0.4) is 0 Å². The van der Waals surface area contributed by atoms with E-state index in [9.17, 15) is 0 Å². The van der Waals surface area contributed by atoms with Gasteiger partial charge in [-0.05, 0) is 25.7 Å². The predicted molar refractivity (Wildman–Crippen MR) is 81.5 cm³/mol. The van der Waals surface area contributed by atoms with E-state index in [0.717, 1.165) is 26.2 Å². The number of thiocarbonyl (C=S) groups is 2. The van der Waals surface area contributed by atoms with Gasteiger partial charge >= 0.3 is 17.1 Å². The summed E-state index contributed by atoms with van der Waals surface area (Å²) < 4.78 is 1.28. The van der Waals surface area contributed by atoms with Gasteiger partial charge in [0, 0.05) is 26.2 Å². The molecule has 0 saturated carbocycles. The maximum absolute atomic E-state index is 4.80. The van der Waals surface area contributed by atoms with Gasteiger partial charge in [-0.3, -0.25) is 0 Å². The summed E-state index contributed by atoms with van der Waals surface area (Å²) in [4.78, 5) is 4.15. The van der Waals surface area contributed by atoms with Gasteiger partial charge in [-0.2, -0.15) is 0 Å². The van der Waals surface area contributed by atoms with Crippen molar-refractivity contribution < 1.29 is 17.1 Å². The van der Waals surface area contributed by atoms with Crippen LogP contribution in [-0.2, 0) is 42.3 Å². The molecule has 0 aromatic carbocycles. The van der Waals surface area contributed by atoms with Crippen molar-refractivity contribution in [2.45, 2.75) is 25.7 Å². The van der Waals surface area contributed by atoms with Gasteiger partial charge in [-0.1, -0.05) is 8.64 Å². The SMILES string of the molecule is S=C([S-])N1CCCC1.S=C([S-])N1CCCC1.[Cu+2]. The molecule has 2 aliphatic rings. The minimum Gasteiger partial charge on any atom is -0.411 e. The van der Waals surface area contributed by atoms with Crippen LogP contribution in [-0.4, -0.2) is 44.6 Å². The summed E-state index contributed by atoms with van der Waals surface area (Å²) in [5.41, 5.74) is 0. The van der Waals surface area contributed by atoms with Gasteiger partial charge in [0.05, 0.1) is 0 Å². The molecule has 2 rings (SSSR count). The molecule has 0 atom stereocenters.